The van der Waals surface area contributed by atoms with Crippen molar-refractivity contribution < 1.29 is 4.74 Å². The predicted octanol–water partition coefficient (Wildman–Crippen LogP) is 0.583. The summed E-state index contributed by atoms with van der Waals surface area (Å²) < 4.78 is 4.73. The second-order valence-electron chi connectivity index (χ2n) is 1.16. The van der Waals surface area contributed by atoms with Crippen LogP contribution in [0.2, 0.25) is 0 Å². The van der Waals surface area contributed by atoms with Crippen LogP contribution in [0.1, 0.15) is 0 Å². The predicted molar refractivity (Wildman–Crippen MR) is 22.2 cm³/mol. The Hall–Kier alpha value is 0.310. The van der Waals surface area contributed by atoms with E-state index in [1.165, 1.54) is 0 Å². The van der Waals surface area contributed by atoms with E-state index in [1.807, 2.05) is 0 Å². The Morgan fingerprint density at radius 1 is 1.60 bits per heavy atom. The van der Waals surface area contributed by atoms with Gasteiger partial charge in [0, 0.05) is 0 Å². The molecule has 0 atom stereocenters. The van der Waals surface area contributed by atoms with Crippen molar-refractivity contribution in [3.8, 4) is 0 Å². The van der Waals surface area contributed by atoms with Crippen LogP contribution in [0.4, 0.5) is 0 Å². The molecule has 0 amide bonds. The van der Waals surface area contributed by atoms with E-state index in [-0.39, 0.29) is 0 Å². The summed E-state index contributed by atoms with van der Waals surface area (Å²) in [5.74, 6) is 0. The van der Waals surface area contributed by atoms with Gasteiger partial charge < -0.3 is 4.74 Å². The highest BCUT2D eigenvalue weighted by Gasteiger charge is 2.12. The van der Waals surface area contributed by atoms with Crippen LogP contribution in [-0.2, 0) is 4.74 Å². The van der Waals surface area contributed by atoms with Crippen LogP contribution in [0.25, 0.3) is 0 Å². The molecule has 5 heavy (non-hydrogen) atoms. The van der Waals surface area contributed by atoms with Gasteiger partial charge in [0.15, 0.2) is 0 Å². The summed E-state index contributed by atoms with van der Waals surface area (Å²) >= 11 is 4.74. The molecule has 1 nitrogen and oxygen atoms in total. The lowest BCUT2D eigenvalue weighted by atomic mass is 10.4. The molecule has 1 radical (unpaired) electrons. The molecule has 0 aromatic heterocycles. The second kappa shape index (κ2) is 1.19. The highest BCUT2D eigenvalue weighted by molar-refractivity contribution is 7.81. The van der Waals surface area contributed by atoms with Gasteiger partial charge in [-0.3, -0.25) is 0 Å². The van der Waals surface area contributed by atoms with E-state index in [2.05, 4.69) is 0 Å². The van der Waals surface area contributed by atoms with Gasteiger partial charge in [-0.25, -0.2) is 0 Å². The van der Waals surface area contributed by atoms with Gasteiger partial charge in [-0.2, -0.15) is 0 Å². The Balaban J connectivity index is 2.08. The second-order valence-corrected chi connectivity index (χ2v) is 1.83. The zero-order valence-corrected chi connectivity index (χ0v) is 3.62. The Labute approximate surface area is 36.7 Å². The minimum absolute atomic E-state index is 0.426. The van der Waals surface area contributed by atoms with Gasteiger partial charge >= 0.3 is 0 Å². The summed E-state index contributed by atoms with van der Waals surface area (Å²) in [6.07, 6.45) is 0. The molecule has 0 unspecified atom stereocenters. The quantitative estimate of drug-likeness (QED) is 0.422. The smallest absolute Gasteiger partial charge is 0.0619 e. The molecule has 1 rings (SSSR count). The molecule has 0 N–H and O–H groups in total. The van der Waals surface area contributed by atoms with E-state index in [9.17, 15) is 0 Å². The summed E-state index contributed by atoms with van der Waals surface area (Å²) in [6.45, 7) is 1.60. The average molecular weight is 89.1 g/mol. The molecule has 0 saturated carbocycles. The molecule has 0 spiro atoms. The van der Waals surface area contributed by atoms with Crippen molar-refractivity contribution in [1.82, 2.24) is 0 Å². The third-order valence-electron chi connectivity index (χ3n) is 0.607. The highest BCUT2D eigenvalue weighted by atomic mass is 32.1. The molecule has 0 aromatic rings. The van der Waals surface area contributed by atoms with Crippen molar-refractivity contribution >= 4 is 12.6 Å². The standard InChI is InChI=1S/C3H5OS/c5-3-1-4-2-3/h3H,1-2H2. The van der Waals surface area contributed by atoms with Gasteiger partial charge in [0.05, 0.1) is 18.5 Å². The van der Waals surface area contributed by atoms with Crippen molar-refractivity contribution in [3.63, 3.8) is 0 Å². The van der Waals surface area contributed by atoms with Crippen LogP contribution < -0.4 is 0 Å². The van der Waals surface area contributed by atoms with Crippen LogP contribution >= 0.6 is 12.6 Å². The first-order valence-electron chi connectivity index (χ1n) is 1.63. The molecule has 1 fully saturated rings. The largest absolute Gasteiger partial charge is 0.379 e. The maximum absolute atomic E-state index is 4.74. The molecule has 0 aliphatic carbocycles. The lowest BCUT2D eigenvalue weighted by Crippen LogP contribution is -2.27. The lowest BCUT2D eigenvalue weighted by Gasteiger charge is -2.18. The third-order valence-corrected chi connectivity index (χ3v) is 0.880. The Morgan fingerprint density at radius 3 is 2.00 bits per heavy atom. The summed E-state index contributed by atoms with van der Waals surface area (Å²) in [6, 6.07) is 0. The SMILES string of the molecule is [S]C1COC1. The molecular weight excluding hydrogens is 84.1 g/mol. The van der Waals surface area contributed by atoms with Crippen molar-refractivity contribution in [2.45, 2.75) is 5.25 Å². The van der Waals surface area contributed by atoms with Gasteiger partial charge in [0.25, 0.3) is 0 Å². The maximum Gasteiger partial charge on any atom is 0.0619 e. The molecular formula is C3H5OS. The molecule has 0 aromatic carbocycles. The minimum atomic E-state index is 0.426. The van der Waals surface area contributed by atoms with Crippen molar-refractivity contribution in [3.05, 3.63) is 0 Å². The van der Waals surface area contributed by atoms with Crippen molar-refractivity contribution in [2.24, 2.45) is 0 Å². The van der Waals surface area contributed by atoms with Crippen LogP contribution in [0.5, 0.6) is 0 Å². The monoisotopic (exact) mass is 89.0 g/mol. The Morgan fingerprint density at radius 2 is 2.00 bits per heavy atom. The summed E-state index contributed by atoms with van der Waals surface area (Å²) in [5.41, 5.74) is 0. The van der Waals surface area contributed by atoms with E-state index < -0.39 is 0 Å². The van der Waals surface area contributed by atoms with Crippen LogP contribution in [-0.4, -0.2) is 18.5 Å². The Bertz CT molecular complexity index is 33.9. The summed E-state index contributed by atoms with van der Waals surface area (Å²) in [7, 11) is 0. The van der Waals surface area contributed by atoms with E-state index in [1.54, 1.807) is 0 Å². The number of hydrogen-bond donors (Lipinski definition) is 0. The van der Waals surface area contributed by atoms with Crippen molar-refractivity contribution in [2.75, 3.05) is 13.2 Å². The third kappa shape index (κ3) is 0.578. The lowest BCUT2D eigenvalue weighted by molar-refractivity contribution is 0.0463. The van der Waals surface area contributed by atoms with Gasteiger partial charge in [0.2, 0.25) is 0 Å². The van der Waals surface area contributed by atoms with Gasteiger partial charge in [-0.05, 0) is 0 Å². The first kappa shape index (κ1) is 3.50. The van der Waals surface area contributed by atoms with Gasteiger partial charge in [0.1, 0.15) is 0 Å². The number of hydrogen-bond acceptors (Lipinski definition) is 1. The molecule has 0 bridgehead atoms. The topological polar surface area (TPSA) is 9.23 Å². The number of rotatable bonds is 0. The van der Waals surface area contributed by atoms with Crippen LogP contribution in [0, 0.1) is 0 Å². The average Bonchev–Trinajstić information content (AvgIpc) is 1.30. The first-order chi connectivity index (χ1) is 2.39. The normalized spacial score (nSPS) is 25.8. The number of ether oxygens (including phenoxy) is 1. The fourth-order valence-corrected chi connectivity index (χ4v) is 0.407. The first-order valence-corrected chi connectivity index (χ1v) is 2.10. The molecule has 1 heterocycles. The fourth-order valence-electron chi connectivity index (χ4n) is 0.214. The van der Waals surface area contributed by atoms with E-state index >= 15 is 0 Å². The van der Waals surface area contributed by atoms with Gasteiger partial charge in [-0.1, -0.05) is 12.6 Å². The van der Waals surface area contributed by atoms with E-state index in [0.29, 0.717) is 5.25 Å². The van der Waals surface area contributed by atoms with E-state index in [0.717, 1.165) is 13.2 Å². The molecule has 29 valence electrons. The zero-order chi connectivity index (χ0) is 3.70. The summed E-state index contributed by atoms with van der Waals surface area (Å²) in [4.78, 5) is 0. The van der Waals surface area contributed by atoms with Crippen LogP contribution in [0.3, 0.4) is 0 Å². The molecule has 1 aliphatic rings. The Kier molecular flexibility index (Phi) is 0.830. The summed E-state index contributed by atoms with van der Waals surface area (Å²) in [5, 5.41) is 0.426. The maximum atomic E-state index is 4.74. The molecule has 1 saturated heterocycles. The molecule has 1 aliphatic heterocycles. The van der Waals surface area contributed by atoms with Crippen molar-refractivity contribution in [1.29, 1.82) is 0 Å². The van der Waals surface area contributed by atoms with E-state index in [4.69, 9.17) is 17.4 Å². The molecule has 2 heteroatoms. The van der Waals surface area contributed by atoms with Gasteiger partial charge in [-0.15, -0.1) is 0 Å². The highest BCUT2D eigenvalue weighted by Crippen LogP contribution is 2.05. The fraction of sp³-hybridized carbons (Fsp3) is 1.00. The zero-order valence-electron chi connectivity index (χ0n) is 2.81. The van der Waals surface area contributed by atoms with Crippen LogP contribution in [0.15, 0.2) is 0 Å². The minimum Gasteiger partial charge on any atom is -0.379 e.